The van der Waals surface area contributed by atoms with E-state index in [2.05, 4.69) is 32.2 Å². The molecule has 0 spiro atoms. The van der Waals surface area contributed by atoms with Gasteiger partial charge in [0.05, 0.1) is 12.3 Å². The predicted molar refractivity (Wildman–Crippen MR) is 70.2 cm³/mol. The maximum absolute atomic E-state index is 5.60. The topological polar surface area (TPSA) is 21.3 Å². The SMILES string of the molecule is CCOc1ccccc1NC(CC)C(C)C. The minimum Gasteiger partial charge on any atom is -0.492 e. The molecule has 2 heteroatoms. The Morgan fingerprint density at radius 1 is 1.19 bits per heavy atom. The standard InChI is InChI=1S/C14H23NO/c1-5-12(11(3)4)15-13-9-7-8-10-14(13)16-6-2/h7-12,15H,5-6H2,1-4H3. The Balaban J connectivity index is 2.78. The zero-order chi connectivity index (χ0) is 12.0. The molecule has 1 unspecified atom stereocenters. The van der Waals surface area contributed by atoms with Gasteiger partial charge < -0.3 is 10.1 Å². The molecular formula is C14H23NO. The van der Waals surface area contributed by atoms with Crippen molar-refractivity contribution in [2.45, 2.75) is 40.2 Å². The third-order valence-corrected chi connectivity index (χ3v) is 2.77. The van der Waals surface area contributed by atoms with Crippen molar-refractivity contribution < 1.29 is 4.74 Å². The summed E-state index contributed by atoms with van der Waals surface area (Å²) >= 11 is 0. The summed E-state index contributed by atoms with van der Waals surface area (Å²) in [5.74, 6) is 1.57. The summed E-state index contributed by atoms with van der Waals surface area (Å²) in [4.78, 5) is 0. The molecule has 1 N–H and O–H groups in total. The van der Waals surface area contributed by atoms with E-state index < -0.39 is 0 Å². The van der Waals surface area contributed by atoms with Crippen LogP contribution in [-0.2, 0) is 0 Å². The van der Waals surface area contributed by atoms with Gasteiger partial charge in [0.25, 0.3) is 0 Å². The molecule has 0 aliphatic carbocycles. The smallest absolute Gasteiger partial charge is 0.142 e. The lowest BCUT2D eigenvalue weighted by molar-refractivity contribution is 0.341. The van der Waals surface area contributed by atoms with Gasteiger partial charge in [0.2, 0.25) is 0 Å². The average molecular weight is 221 g/mol. The van der Waals surface area contributed by atoms with Crippen LogP contribution < -0.4 is 10.1 Å². The highest BCUT2D eigenvalue weighted by molar-refractivity contribution is 5.56. The van der Waals surface area contributed by atoms with Crippen LogP contribution in [0.5, 0.6) is 5.75 Å². The maximum Gasteiger partial charge on any atom is 0.142 e. The first-order valence-electron chi connectivity index (χ1n) is 6.17. The normalized spacial score (nSPS) is 12.6. The fraction of sp³-hybridized carbons (Fsp3) is 0.571. The Morgan fingerprint density at radius 3 is 2.44 bits per heavy atom. The second-order valence-corrected chi connectivity index (χ2v) is 4.33. The van der Waals surface area contributed by atoms with Crippen molar-refractivity contribution in [2.24, 2.45) is 5.92 Å². The van der Waals surface area contributed by atoms with Crippen molar-refractivity contribution in [1.82, 2.24) is 0 Å². The van der Waals surface area contributed by atoms with Gasteiger partial charge in [-0.25, -0.2) is 0 Å². The predicted octanol–water partition coefficient (Wildman–Crippen LogP) is 3.93. The van der Waals surface area contributed by atoms with Crippen LogP contribution in [-0.4, -0.2) is 12.6 Å². The minimum absolute atomic E-state index is 0.501. The van der Waals surface area contributed by atoms with E-state index in [1.165, 1.54) is 0 Å². The molecule has 0 amide bonds. The summed E-state index contributed by atoms with van der Waals surface area (Å²) in [6, 6.07) is 8.64. The van der Waals surface area contributed by atoms with E-state index in [4.69, 9.17) is 4.74 Å². The minimum atomic E-state index is 0.501. The number of para-hydroxylation sites is 2. The maximum atomic E-state index is 5.60. The van der Waals surface area contributed by atoms with Gasteiger partial charge in [0.15, 0.2) is 0 Å². The van der Waals surface area contributed by atoms with Gasteiger partial charge in [-0.2, -0.15) is 0 Å². The van der Waals surface area contributed by atoms with Crippen LogP contribution >= 0.6 is 0 Å². The highest BCUT2D eigenvalue weighted by Gasteiger charge is 2.12. The van der Waals surface area contributed by atoms with E-state index >= 15 is 0 Å². The van der Waals surface area contributed by atoms with Crippen LogP contribution in [0.4, 0.5) is 5.69 Å². The van der Waals surface area contributed by atoms with E-state index in [1.54, 1.807) is 0 Å². The van der Waals surface area contributed by atoms with Crippen molar-refractivity contribution in [3.05, 3.63) is 24.3 Å². The van der Waals surface area contributed by atoms with Crippen LogP contribution in [0.1, 0.15) is 34.1 Å². The zero-order valence-electron chi connectivity index (χ0n) is 10.8. The molecule has 0 aliphatic rings. The van der Waals surface area contributed by atoms with Gasteiger partial charge in [-0.1, -0.05) is 32.9 Å². The summed E-state index contributed by atoms with van der Waals surface area (Å²) < 4.78 is 5.60. The van der Waals surface area contributed by atoms with Crippen LogP contribution in [0.25, 0.3) is 0 Å². The van der Waals surface area contributed by atoms with Gasteiger partial charge in [-0.3, -0.25) is 0 Å². The van der Waals surface area contributed by atoms with Crippen LogP contribution in [0, 0.1) is 5.92 Å². The molecular weight excluding hydrogens is 198 g/mol. The van der Waals surface area contributed by atoms with E-state index in [1.807, 2.05) is 25.1 Å². The van der Waals surface area contributed by atoms with Crippen LogP contribution in [0.3, 0.4) is 0 Å². The summed E-state index contributed by atoms with van der Waals surface area (Å²) in [6.07, 6.45) is 1.12. The largest absolute Gasteiger partial charge is 0.492 e. The summed E-state index contributed by atoms with van der Waals surface area (Å²) in [7, 11) is 0. The summed E-state index contributed by atoms with van der Waals surface area (Å²) in [5, 5.41) is 3.56. The van der Waals surface area contributed by atoms with Crippen molar-refractivity contribution >= 4 is 5.69 Å². The molecule has 16 heavy (non-hydrogen) atoms. The molecule has 0 aromatic heterocycles. The molecule has 0 heterocycles. The molecule has 1 rings (SSSR count). The first-order chi connectivity index (χ1) is 7.69. The third-order valence-electron chi connectivity index (χ3n) is 2.77. The first-order valence-corrected chi connectivity index (χ1v) is 6.17. The number of nitrogens with one attached hydrogen (secondary N) is 1. The highest BCUT2D eigenvalue weighted by atomic mass is 16.5. The fourth-order valence-corrected chi connectivity index (χ4v) is 1.81. The number of hydrogen-bond donors (Lipinski definition) is 1. The van der Waals surface area contributed by atoms with Crippen LogP contribution in [0.15, 0.2) is 24.3 Å². The molecule has 1 aromatic carbocycles. The molecule has 0 radical (unpaired) electrons. The van der Waals surface area contributed by atoms with Crippen molar-refractivity contribution in [1.29, 1.82) is 0 Å². The highest BCUT2D eigenvalue weighted by Crippen LogP contribution is 2.26. The van der Waals surface area contributed by atoms with Gasteiger partial charge in [-0.05, 0) is 31.4 Å². The second-order valence-electron chi connectivity index (χ2n) is 4.33. The van der Waals surface area contributed by atoms with Gasteiger partial charge >= 0.3 is 0 Å². The van der Waals surface area contributed by atoms with Gasteiger partial charge in [0.1, 0.15) is 5.75 Å². The van der Waals surface area contributed by atoms with Crippen LogP contribution in [0.2, 0.25) is 0 Å². The van der Waals surface area contributed by atoms with E-state index in [9.17, 15) is 0 Å². The Bertz CT molecular complexity index is 309. The fourth-order valence-electron chi connectivity index (χ4n) is 1.81. The second kappa shape index (κ2) is 6.41. The van der Waals surface area contributed by atoms with E-state index in [0.717, 1.165) is 17.9 Å². The number of anilines is 1. The number of rotatable bonds is 6. The summed E-state index contributed by atoms with van der Waals surface area (Å²) in [5.41, 5.74) is 1.10. The lowest BCUT2D eigenvalue weighted by Crippen LogP contribution is -2.24. The lowest BCUT2D eigenvalue weighted by atomic mass is 10.0. The Hall–Kier alpha value is -1.18. The molecule has 0 fully saturated rings. The van der Waals surface area contributed by atoms with Crippen molar-refractivity contribution in [3.63, 3.8) is 0 Å². The zero-order valence-corrected chi connectivity index (χ0v) is 10.8. The van der Waals surface area contributed by atoms with E-state index in [0.29, 0.717) is 18.6 Å². The molecule has 1 atom stereocenters. The lowest BCUT2D eigenvalue weighted by Gasteiger charge is -2.23. The first kappa shape index (κ1) is 12.9. The molecule has 1 aromatic rings. The third kappa shape index (κ3) is 3.44. The van der Waals surface area contributed by atoms with Crippen molar-refractivity contribution in [3.8, 4) is 5.75 Å². The molecule has 90 valence electrons. The number of hydrogen-bond acceptors (Lipinski definition) is 2. The van der Waals surface area contributed by atoms with Gasteiger partial charge in [0, 0.05) is 6.04 Å². The molecule has 2 nitrogen and oxygen atoms in total. The number of ether oxygens (including phenoxy) is 1. The molecule has 0 aliphatic heterocycles. The quantitative estimate of drug-likeness (QED) is 0.785. The molecule has 0 saturated heterocycles. The van der Waals surface area contributed by atoms with Crippen molar-refractivity contribution in [2.75, 3.05) is 11.9 Å². The van der Waals surface area contributed by atoms with E-state index in [-0.39, 0.29) is 0 Å². The number of benzene rings is 1. The average Bonchev–Trinajstić information content (AvgIpc) is 2.27. The Labute approximate surface area is 99.0 Å². The van der Waals surface area contributed by atoms with Gasteiger partial charge in [-0.15, -0.1) is 0 Å². The Kier molecular flexibility index (Phi) is 5.17. The Morgan fingerprint density at radius 2 is 1.88 bits per heavy atom. The molecule has 0 bridgehead atoms. The summed E-state index contributed by atoms with van der Waals surface area (Å²) in [6.45, 7) is 9.41. The monoisotopic (exact) mass is 221 g/mol. The molecule has 0 saturated carbocycles.